The molecule has 24 N–H and O–H groups in total. The Bertz CT molecular complexity index is 6750. The summed E-state index contributed by atoms with van der Waals surface area (Å²) in [4.78, 5) is 243. The number of aliphatic hydroxyl groups is 4. The summed E-state index contributed by atoms with van der Waals surface area (Å²) in [5, 5.41) is 44.9. The largest absolute Gasteiger partial charge is 0.490 e. The molecule has 0 saturated carbocycles. The number of rotatable bonds is 32. The number of phosphoric acid groups is 12. The third-order valence-corrected chi connectivity index (χ3v) is 29.6. The monoisotopic (exact) mass is 2170 g/mol. The Balaban J connectivity index is 0.000000325. The molecule has 744 valence electrons. The molecule has 132 heavy (non-hydrogen) atoms. The highest BCUT2D eigenvalue weighted by atomic mass is 31.3. The van der Waals surface area contributed by atoms with Crippen LogP contribution in [0.3, 0.4) is 0 Å². The Hall–Kier alpha value is -6.21. The summed E-state index contributed by atoms with van der Waals surface area (Å²) in [7, 11) is -71.0. The number of phosphoric ester groups is 4. The maximum absolute atomic E-state index is 15.8. The number of aromatic amines is 4. The number of nitrogens with zero attached hydrogens (tertiary/aromatic N) is 5. The highest BCUT2D eigenvalue weighted by Crippen LogP contribution is 2.70. The molecule has 4 fully saturated rings. The lowest BCUT2D eigenvalue weighted by atomic mass is 9.94. The number of hydrogen-bond donors (Lipinski definition) is 24. The van der Waals surface area contributed by atoms with Gasteiger partial charge in [0.1, 0.15) is 55.0 Å². The summed E-state index contributed by atoms with van der Waals surface area (Å²) >= 11 is 0. The van der Waals surface area contributed by atoms with Crippen molar-refractivity contribution in [3.05, 3.63) is 125 Å². The molecular weight excluding hydrogens is 2100 g/mol. The van der Waals surface area contributed by atoms with Crippen LogP contribution in [0.5, 0.6) is 0 Å². The Kier molecular flexibility index (Phi) is 35.0. The smallest absolute Gasteiger partial charge is 0.386 e. The standard InChI is InChI=1S/C13H17F2N2O14P3.C13H18FN2O14P3.C12H15F2N2O14P3.C11H15FN3O14P3/c1-3-4-13(15)9(18)8(28-11(13)17-5-7(14)10(19)16-12(17)20)6(2)29-33(24,25)31-34(26,27)30-32(21,22)23;1-3-4-13(14)10(18)8(28-11(13)16-7(2)5-9(17)15-12(16)19)6-27-32(23,24)30-33(25,26)29-31(20,21)22;1-2-3-12(14)8(17)7(28-10(12)16-4-6(13)9(18)15-11(16)19)5-27-32(23,24)30-33(25,26)29-31(20,21)22;1-2-3-11(12)8(17)6(27-9(11)15-10(18)14-7(16)4-13-15)5-26-31(22,23)29-32(24,25)28-30(19,20)21/h5-6,8-9,11,18H,1-2H3,(H,24,25)(H,26,27)(H,16,19,20)(H2,21,22,23);5,8,10-11,18H,6H2,1-2H3,(H,23,24)(H,25,26)(H,15,17,19)(H2,20,21,22);4,7-8,10,17H,5H2,1H3,(H,23,24)(H,25,26)(H,15,18,19)(H2,20,21,22);4,6,8-9,17H,5H2,1H3,(H,22,23)(H,24,25)(H,14,16,18)(H2,19,20,21)/t6-,8+,9-,11+,13?;8-,10+,11-,13?;7-,8+,10-,12?;6-,8+,9-,11?/m0111/s1/i;6D2;2*5D2. The van der Waals surface area contributed by atoms with E-state index in [2.05, 4.69) is 75.4 Å². The van der Waals surface area contributed by atoms with Crippen molar-refractivity contribution in [2.45, 2.75) is 144 Å². The highest BCUT2D eigenvalue weighted by molar-refractivity contribution is 7.68. The van der Waals surface area contributed by atoms with Crippen LogP contribution in [0.15, 0.2) is 63.0 Å². The van der Waals surface area contributed by atoms with Crippen LogP contribution in [-0.4, -0.2) is 239 Å². The maximum atomic E-state index is 15.8. The summed E-state index contributed by atoms with van der Waals surface area (Å²) in [6.45, 7) is -4.99. The molecule has 65 nitrogen and oxygen atoms in total. The lowest BCUT2D eigenvalue weighted by Crippen LogP contribution is -2.46. The van der Waals surface area contributed by atoms with Crippen molar-refractivity contribution in [3.63, 3.8) is 0 Å². The van der Waals surface area contributed by atoms with E-state index in [0.29, 0.717) is 10.8 Å². The van der Waals surface area contributed by atoms with Crippen LogP contribution in [-0.2, 0) is 126 Å². The molecule has 4 saturated heterocycles. The number of aliphatic hydroxyl groups excluding tert-OH is 4. The van der Waals surface area contributed by atoms with E-state index in [1.807, 2.05) is 23.7 Å². The topological polar surface area (TPSA) is 989 Å². The molecule has 8 rings (SSSR count). The molecule has 8 heterocycles. The fourth-order valence-electron chi connectivity index (χ4n) is 10.2. The Labute approximate surface area is 731 Å². The third kappa shape index (κ3) is 31.9. The molecule has 0 aliphatic carbocycles. The second-order valence-corrected chi connectivity index (χ2v) is 41.9. The van der Waals surface area contributed by atoms with Crippen LogP contribution < -0.4 is 45.0 Å². The van der Waals surface area contributed by atoms with Crippen LogP contribution in [0.1, 0.15) is 73.4 Å². The average molecular weight is 2170 g/mol. The predicted molar refractivity (Wildman–Crippen MR) is 400 cm³/mol. The van der Waals surface area contributed by atoms with E-state index in [9.17, 15) is 152 Å². The van der Waals surface area contributed by atoms with E-state index in [-0.39, 0.29) is 31.9 Å². The molecular formula is C49H65F6N9O56P12. The van der Waals surface area contributed by atoms with Gasteiger partial charge in [-0.3, -0.25) is 70.9 Å². The number of H-pyrrole nitrogens is 4. The summed E-state index contributed by atoms with van der Waals surface area (Å²) in [6.07, 6.45) is -30.7. The van der Waals surface area contributed by atoms with E-state index in [0.717, 1.165) is 40.7 Å². The molecule has 12 unspecified atom stereocenters. The molecule has 25 atom stereocenters. The SMILES string of the molecule is CC#CC1(F)[C@@H](O)[C@@H]([C@H](C)OP(=O)(O)OP(=O)(O)OP(=O)(O)O)O[C@H]1n1cc(F)c(=O)[nH]c1=O.[2H]C([2H])(OP(=O)(O)OP(=O)(O)OP(=O)(O)O)[C@H]1O[C@@H](n2c(C)cc(=O)[nH]c2=O)C(F)(C#CC)[C@H]1O.[2H]C([2H])(OP(=O)(O)OP(=O)(O)OP(=O)(O)O)[C@H]1O[C@@H](n2cc(F)c(=O)[nH]c2=O)C(F)(C#CC)[C@H]1O.[2H]C([2H])(OP(=O)(O)OP(=O)(O)OP(=O)(O)O)[C@H]1O[C@@H](n2ncc(=O)[nH]c2=O)C(F)(C#CC)[C@H]1O. The van der Waals surface area contributed by atoms with E-state index in [1.165, 1.54) is 16.9 Å². The molecule has 83 heteroatoms. The predicted octanol–water partition coefficient (Wildman–Crippen LogP) is -4.15. The van der Waals surface area contributed by atoms with E-state index in [4.69, 9.17) is 76.1 Å². The van der Waals surface area contributed by atoms with E-state index >= 15 is 17.6 Å². The fraction of sp³-hybridized carbons (Fsp3) is 0.531. The summed E-state index contributed by atoms with van der Waals surface area (Å²) in [5.41, 5.74) is -23.8. The van der Waals surface area contributed by atoms with Crippen LogP contribution in [0.25, 0.3) is 0 Å². The molecule has 4 aromatic heterocycles. The first kappa shape index (κ1) is 106. The van der Waals surface area contributed by atoms with E-state index < -0.39 is 273 Å². The third-order valence-electron chi connectivity index (χ3n) is 14.7. The Morgan fingerprint density at radius 3 is 1.05 bits per heavy atom. The molecule has 4 aliphatic rings. The summed E-state index contributed by atoms with van der Waals surface area (Å²) in [6, 6.07) is 0.838. The Morgan fingerprint density at radius 2 is 0.720 bits per heavy atom. The zero-order valence-corrected chi connectivity index (χ0v) is 75.1. The first-order chi connectivity index (χ1) is 61.8. The van der Waals surface area contributed by atoms with Crippen LogP contribution in [0.2, 0.25) is 0 Å². The molecule has 0 aromatic carbocycles. The van der Waals surface area contributed by atoms with Gasteiger partial charge in [0.15, 0.2) is 18.7 Å². The molecule has 0 bridgehead atoms. The number of ether oxygens (including phenoxy) is 4. The molecule has 0 amide bonds. The van der Waals surface area contributed by atoms with Gasteiger partial charge in [0.25, 0.3) is 22.2 Å². The van der Waals surface area contributed by atoms with Gasteiger partial charge in [0.05, 0.1) is 46.4 Å². The van der Waals surface area contributed by atoms with Crippen molar-refractivity contribution in [2.75, 3.05) is 19.7 Å². The lowest BCUT2D eigenvalue weighted by molar-refractivity contribution is -0.0784. The second kappa shape index (κ2) is 43.4. The summed E-state index contributed by atoms with van der Waals surface area (Å²) < 4.78 is 338. The average Bonchev–Trinajstić information content (AvgIpc) is 1.62. The van der Waals surface area contributed by atoms with Gasteiger partial charge in [-0.05, 0) is 41.5 Å². The second-order valence-electron chi connectivity index (χ2n) is 24.5. The van der Waals surface area contributed by atoms with Crippen LogP contribution in [0, 0.1) is 65.9 Å². The van der Waals surface area contributed by atoms with Crippen LogP contribution >= 0.6 is 93.9 Å². The van der Waals surface area contributed by atoms with Crippen molar-refractivity contribution in [3.8, 4) is 47.4 Å². The number of aryl methyl sites for hydroxylation is 1. The maximum Gasteiger partial charge on any atom is 0.490 e. The highest BCUT2D eigenvalue weighted by Gasteiger charge is 2.64. The zero-order valence-electron chi connectivity index (χ0n) is 70.3. The van der Waals surface area contributed by atoms with Crippen molar-refractivity contribution >= 4 is 93.9 Å². The molecule has 4 aromatic rings. The number of halogens is 6. The van der Waals surface area contributed by atoms with Crippen molar-refractivity contribution < 1.29 is 260 Å². The van der Waals surface area contributed by atoms with Crippen molar-refractivity contribution in [1.82, 2.24) is 43.4 Å². The minimum absolute atomic E-state index is 0.0468. The van der Waals surface area contributed by atoms with Crippen molar-refractivity contribution in [1.29, 1.82) is 0 Å². The summed E-state index contributed by atoms with van der Waals surface area (Å²) in [5.74, 6) is 12.5. The van der Waals surface area contributed by atoms with Gasteiger partial charge in [-0.1, -0.05) is 23.7 Å². The number of hydrogen-bond acceptors (Lipinski definition) is 41. The van der Waals surface area contributed by atoms with Gasteiger partial charge in [0.2, 0.25) is 40.5 Å². The minimum Gasteiger partial charge on any atom is -0.386 e. The minimum atomic E-state index is -6.16. The van der Waals surface area contributed by atoms with Gasteiger partial charge in [-0.15, -0.1) is 23.7 Å². The van der Waals surface area contributed by atoms with E-state index in [1.54, 1.807) is 15.9 Å². The van der Waals surface area contributed by atoms with Crippen LogP contribution in [0.4, 0.5) is 26.3 Å². The normalized spacial score (nSPS) is 30.3. The van der Waals surface area contributed by atoms with Crippen molar-refractivity contribution in [2.24, 2.45) is 0 Å². The number of nitrogens with one attached hydrogen (secondary N) is 4. The molecule has 0 spiro atoms. The number of alkyl halides is 4. The van der Waals surface area contributed by atoms with Gasteiger partial charge in [-0.25, -0.2) is 91.5 Å². The molecule has 4 aliphatic heterocycles. The first-order valence-electron chi connectivity index (χ1n) is 35.6. The Morgan fingerprint density at radius 1 is 0.424 bits per heavy atom. The zero-order chi connectivity index (χ0) is 107. The lowest BCUT2D eigenvalue weighted by Gasteiger charge is -2.25. The van der Waals surface area contributed by atoms with Gasteiger partial charge < -0.3 is 118 Å². The quantitative estimate of drug-likeness (QED) is 0.0125. The van der Waals surface area contributed by atoms with Gasteiger partial charge in [0, 0.05) is 11.8 Å². The van der Waals surface area contributed by atoms with Gasteiger partial charge >= 0.3 is 117 Å². The van der Waals surface area contributed by atoms with Gasteiger partial charge in [-0.2, -0.15) is 53.0 Å². The molecule has 0 radical (unpaired) electrons. The number of aromatic nitrogens is 9. The first-order valence-corrected chi connectivity index (χ1v) is 50.6. The fourth-order valence-corrected chi connectivity index (χ4v) is 22.1.